The van der Waals surface area contributed by atoms with E-state index in [0.717, 1.165) is 30.7 Å². The molecule has 1 fully saturated rings. The molecule has 1 heterocycles. The van der Waals surface area contributed by atoms with Crippen molar-refractivity contribution < 1.29 is 4.79 Å². The molecule has 1 amide bonds. The van der Waals surface area contributed by atoms with Crippen molar-refractivity contribution in [3.8, 4) is 0 Å². The first-order valence-electron chi connectivity index (χ1n) is 6.04. The van der Waals surface area contributed by atoms with Crippen molar-refractivity contribution in [3.05, 3.63) is 16.6 Å². The molecule has 3 N–H and O–H groups in total. The maximum absolute atomic E-state index is 12.1. The molecule has 0 aromatic carbocycles. The highest BCUT2D eigenvalue weighted by atomic mass is 32.1. The van der Waals surface area contributed by atoms with Crippen LogP contribution in [0.1, 0.15) is 37.6 Å². The molecule has 0 spiro atoms. The number of hydrogen-bond acceptors (Lipinski definition) is 4. The number of amides is 1. The zero-order valence-corrected chi connectivity index (χ0v) is 10.9. The van der Waals surface area contributed by atoms with E-state index in [-0.39, 0.29) is 17.4 Å². The summed E-state index contributed by atoms with van der Waals surface area (Å²) in [6.07, 6.45) is 5.81. The molecule has 0 bridgehead atoms. The van der Waals surface area contributed by atoms with Crippen LogP contribution in [0.3, 0.4) is 0 Å². The van der Waals surface area contributed by atoms with Crippen LogP contribution in [0.2, 0.25) is 0 Å². The number of nitrogens with two attached hydrogens (primary N) is 1. The Morgan fingerprint density at radius 2 is 2.53 bits per heavy atom. The van der Waals surface area contributed by atoms with E-state index >= 15 is 0 Å². The second kappa shape index (κ2) is 5.14. The Balaban J connectivity index is 1.90. The highest BCUT2D eigenvalue weighted by molar-refractivity contribution is 7.09. The minimum atomic E-state index is -0.356. The number of rotatable bonds is 3. The van der Waals surface area contributed by atoms with Crippen molar-refractivity contribution in [2.45, 2.75) is 44.7 Å². The van der Waals surface area contributed by atoms with Gasteiger partial charge in [0.05, 0.1) is 12.5 Å². The summed E-state index contributed by atoms with van der Waals surface area (Å²) in [5.41, 5.74) is 5.84. The molecule has 1 saturated carbocycles. The molecule has 5 heteroatoms. The molecule has 1 aliphatic rings. The van der Waals surface area contributed by atoms with Crippen LogP contribution in [0.25, 0.3) is 0 Å². The van der Waals surface area contributed by atoms with Gasteiger partial charge in [-0.15, -0.1) is 11.3 Å². The summed E-state index contributed by atoms with van der Waals surface area (Å²) in [7, 11) is 0. The first-order valence-corrected chi connectivity index (χ1v) is 6.92. The number of carbonyl (C=O) groups is 1. The van der Waals surface area contributed by atoms with Gasteiger partial charge in [0.25, 0.3) is 0 Å². The molecule has 4 nitrogen and oxygen atoms in total. The SMILES string of the molecule is CC1(N)CCCCC1C(=O)NCc1nccs1. The number of nitrogens with one attached hydrogen (secondary N) is 1. The number of aromatic nitrogens is 1. The van der Waals surface area contributed by atoms with Crippen LogP contribution in [0.5, 0.6) is 0 Å². The summed E-state index contributed by atoms with van der Waals surface area (Å²) in [5.74, 6) is 0.0149. The van der Waals surface area contributed by atoms with Crippen molar-refractivity contribution in [3.63, 3.8) is 0 Å². The van der Waals surface area contributed by atoms with Crippen LogP contribution in [0.15, 0.2) is 11.6 Å². The van der Waals surface area contributed by atoms with E-state index in [4.69, 9.17) is 5.73 Å². The Morgan fingerprint density at radius 3 is 3.18 bits per heavy atom. The van der Waals surface area contributed by atoms with Gasteiger partial charge >= 0.3 is 0 Å². The average molecular weight is 253 g/mol. The second-order valence-electron chi connectivity index (χ2n) is 4.95. The van der Waals surface area contributed by atoms with E-state index in [2.05, 4.69) is 10.3 Å². The van der Waals surface area contributed by atoms with E-state index in [0.29, 0.717) is 6.54 Å². The Labute approximate surface area is 106 Å². The number of carbonyl (C=O) groups excluding carboxylic acids is 1. The van der Waals surface area contributed by atoms with E-state index in [9.17, 15) is 4.79 Å². The van der Waals surface area contributed by atoms with Crippen LogP contribution in [0, 0.1) is 5.92 Å². The number of thiazole rings is 1. The lowest BCUT2D eigenvalue weighted by atomic mass is 9.74. The van der Waals surface area contributed by atoms with Gasteiger partial charge in [0.15, 0.2) is 0 Å². The minimum Gasteiger partial charge on any atom is -0.349 e. The smallest absolute Gasteiger partial charge is 0.225 e. The zero-order chi connectivity index (χ0) is 12.3. The van der Waals surface area contributed by atoms with Gasteiger partial charge in [0, 0.05) is 17.1 Å². The van der Waals surface area contributed by atoms with Gasteiger partial charge in [-0.25, -0.2) is 4.98 Å². The Kier molecular flexibility index (Phi) is 3.79. The lowest BCUT2D eigenvalue weighted by molar-refractivity contribution is -0.128. The lowest BCUT2D eigenvalue weighted by Crippen LogP contribution is -2.52. The van der Waals surface area contributed by atoms with Crippen molar-refractivity contribution in [1.82, 2.24) is 10.3 Å². The fourth-order valence-electron chi connectivity index (χ4n) is 2.42. The van der Waals surface area contributed by atoms with Crippen LogP contribution >= 0.6 is 11.3 Å². The summed E-state index contributed by atoms with van der Waals surface area (Å²) in [6.45, 7) is 2.50. The van der Waals surface area contributed by atoms with Crippen LogP contribution < -0.4 is 11.1 Å². The average Bonchev–Trinajstić information content (AvgIpc) is 2.78. The van der Waals surface area contributed by atoms with Gasteiger partial charge in [-0.05, 0) is 19.8 Å². The quantitative estimate of drug-likeness (QED) is 0.861. The van der Waals surface area contributed by atoms with E-state index in [1.807, 2.05) is 12.3 Å². The van der Waals surface area contributed by atoms with Gasteiger partial charge in [-0.3, -0.25) is 4.79 Å². The fourth-order valence-corrected chi connectivity index (χ4v) is 2.97. The summed E-state index contributed by atoms with van der Waals surface area (Å²) < 4.78 is 0. The lowest BCUT2D eigenvalue weighted by Gasteiger charge is -2.37. The molecule has 17 heavy (non-hydrogen) atoms. The van der Waals surface area contributed by atoms with Gasteiger partial charge in [0.1, 0.15) is 5.01 Å². The molecular weight excluding hydrogens is 234 g/mol. The predicted molar refractivity (Wildman–Crippen MR) is 68.5 cm³/mol. The van der Waals surface area contributed by atoms with Crippen LogP contribution in [0.4, 0.5) is 0 Å². The number of hydrogen-bond donors (Lipinski definition) is 2. The molecule has 1 aromatic rings. The normalized spacial score (nSPS) is 28.9. The molecule has 2 rings (SSSR count). The van der Waals surface area contributed by atoms with Crippen molar-refractivity contribution >= 4 is 17.2 Å². The Morgan fingerprint density at radius 1 is 1.71 bits per heavy atom. The molecule has 1 aromatic heterocycles. The van der Waals surface area contributed by atoms with Crippen molar-refractivity contribution in [2.24, 2.45) is 11.7 Å². The van der Waals surface area contributed by atoms with E-state index in [1.54, 1.807) is 17.5 Å². The van der Waals surface area contributed by atoms with Gasteiger partial charge < -0.3 is 11.1 Å². The van der Waals surface area contributed by atoms with Crippen molar-refractivity contribution in [2.75, 3.05) is 0 Å². The monoisotopic (exact) mass is 253 g/mol. The third-order valence-electron chi connectivity index (χ3n) is 3.47. The topological polar surface area (TPSA) is 68.0 Å². The van der Waals surface area contributed by atoms with Gasteiger partial charge in [0.2, 0.25) is 5.91 Å². The second-order valence-corrected chi connectivity index (χ2v) is 5.93. The third kappa shape index (κ3) is 3.04. The van der Waals surface area contributed by atoms with Crippen LogP contribution in [-0.2, 0) is 11.3 Å². The maximum Gasteiger partial charge on any atom is 0.225 e. The number of nitrogens with zero attached hydrogens (tertiary/aromatic N) is 1. The summed E-state index contributed by atoms with van der Waals surface area (Å²) >= 11 is 1.55. The van der Waals surface area contributed by atoms with Crippen LogP contribution in [-0.4, -0.2) is 16.4 Å². The first kappa shape index (κ1) is 12.5. The third-order valence-corrected chi connectivity index (χ3v) is 4.25. The van der Waals surface area contributed by atoms with Gasteiger partial charge in [-0.1, -0.05) is 12.8 Å². The first-order chi connectivity index (χ1) is 8.09. The molecule has 2 atom stereocenters. The summed E-state index contributed by atoms with van der Waals surface area (Å²) in [4.78, 5) is 16.2. The molecular formula is C12H19N3OS. The van der Waals surface area contributed by atoms with E-state index < -0.39 is 0 Å². The molecule has 94 valence electrons. The maximum atomic E-state index is 12.1. The predicted octanol–water partition coefficient (Wildman–Crippen LogP) is 1.67. The standard InChI is InChI=1S/C12H19N3OS/c1-12(13)5-3-2-4-9(12)11(16)15-8-10-14-6-7-17-10/h6-7,9H,2-5,8,13H2,1H3,(H,15,16). The minimum absolute atomic E-state index is 0.0591. The zero-order valence-electron chi connectivity index (χ0n) is 10.1. The largest absolute Gasteiger partial charge is 0.349 e. The van der Waals surface area contributed by atoms with E-state index in [1.165, 1.54) is 0 Å². The fraction of sp³-hybridized carbons (Fsp3) is 0.667. The molecule has 0 aliphatic heterocycles. The highest BCUT2D eigenvalue weighted by Crippen LogP contribution is 2.31. The summed E-state index contributed by atoms with van der Waals surface area (Å²) in [6, 6.07) is 0. The Bertz CT molecular complexity index is 375. The highest BCUT2D eigenvalue weighted by Gasteiger charge is 2.37. The molecule has 2 unspecified atom stereocenters. The molecule has 0 radical (unpaired) electrons. The molecule has 1 aliphatic carbocycles. The van der Waals surface area contributed by atoms with Gasteiger partial charge in [-0.2, -0.15) is 0 Å². The summed E-state index contributed by atoms with van der Waals surface area (Å²) in [5, 5.41) is 5.79. The Hall–Kier alpha value is -0.940. The van der Waals surface area contributed by atoms with Crippen molar-refractivity contribution in [1.29, 1.82) is 0 Å². The molecule has 0 saturated heterocycles.